The van der Waals surface area contributed by atoms with Gasteiger partial charge in [0.25, 0.3) is 5.82 Å². The van der Waals surface area contributed by atoms with Crippen molar-refractivity contribution in [3.63, 3.8) is 0 Å². The van der Waals surface area contributed by atoms with Gasteiger partial charge in [-0.2, -0.15) is 0 Å². The second-order valence-electron chi connectivity index (χ2n) is 5.75. The third-order valence-corrected chi connectivity index (χ3v) is 3.90. The molecular weight excluding hydrogens is 286 g/mol. The van der Waals surface area contributed by atoms with Crippen molar-refractivity contribution in [2.75, 3.05) is 25.5 Å². The number of aromatic nitrogens is 1. The summed E-state index contributed by atoms with van der Waals surface area (Å²) in [4.78, 5) is 3.19. The monoisotopic (exact) mass is 315 g/mol. The van der Waals surface area contributed by atoms with Crippen LogP contribution in [0.15, 0.2) is 48.7 Å². The van der Waals surface area contributed by atoms with E-state index in [1.807, 2.05) is 30.5 Å². The van der Waals surface area contributed by atoms with Crippen LogP contribution in [0.3, 0.4) is 0 Å². The lowest BCUT2D eigenvalue weighted by Crippen LogP contribution is -2.82. The lowest BCUT2D eigenvalue weighted by molar-refractivity contribution is -0.671. The van der Waals surface area contributed by atoms with Gasteiger partial charge in [0.05, 0.1) is 26.4 Å². The number of pyridine rings is 1. The van der Waals surface area contributed by atoms with Gasteiger partial charge < -0.3 is 10.1 Å². The highest BCUT2D eigenvalue weighted by atomic mass is 16.5. The Labute approximate surface area is 139 Å². The fourth-order valence-electron chi connectivity index (χ4n) is 2.52. The van der Waals surface area contributed by atoms with Gasteiger partial charge in [0.2, 0.25) is 0 Å². The summed E-state index contributed by atoms with van der Waals surface area (Å²) in [5.41, 5.74) is 1.36. The number of aromatic amines is 1. The van der Waals surface area contributed by atoms with E-state index in [1.165, 1.54) is 37.8 Å². The molecule has 0 unspecified atom stereocenters. The molecule has 4 N–H and O–H groups in total. The number of benzene rings is 1. The van der Waals surface area contributed by atoms with Gasteiger partial charge in [0.15, 0.2) is 0 Å². The van der Waals surface area contributed by atoms with Crippen LogP contribution in [0, 0.1) is 0 Å². The molecule has 1 heterocycles. The second kappa shape index (κ2) is 10.6. The number of ether oxygens (including phenoxy) is 1. The number of nitrogens with two attached hydrogens (primary N) is 1. The lowest BCUT2D eigenvalue weighted by Gasteiger charge is -2.04. The number of anilines is 1. The van der Waals surface area contributed by atoms with E-state index in [1.54, 1.807) is 7.11 Å². The van der Waals surface area contributed by atoms with Crippen LogP contribution in [0.5, 0.6) is 5.75 Å². The largest absolute Gasteiger partial charge is 0.497 e. The molecule has 0 saturated carbocycles. The first-order valence-corrected chi connectivity index (χ1v) is 8.53. The van der Waals surface area contributed by atoms with Crippen LogP contribution >= 0.6 is 0 Å². The third-order valence-electron chi connectivity index (χ3n) is 3.90. The Kier molecular flexibility index (Phi) is 7.98. The smallest absolute Gasteiger partial charge is 0.272 e. The summed E-state index contributed by atoms with van der Waals surface area (Å²) in [6, 6.07) is 14.4. The molecule has 0 atom stereocenters. The van der Waals surface area contributed by atoms with Crippen molar-refractivity contribution in [3.05, 3.63) is 54.2 Å². The molecule has 0 fully saturated rings. The SMILES string of the molecule is COc1ccc(C[NH2+]CCCCCCNc2cccc[nH+]2)cc1. The molecule has 23 heavy (non-hydrogen) atoms. The summed E-state index contributed by atoms with van der Waals surface area (Å²) in [6.07, 6.45) is 7.05. The average molecular weight is 315 g/mol. The van der Waals surface area contributed by atoms with Crippen molar-refractivity contribution in [2.24, 2.45) is 0 Å². The number of rotatable bonds is 11. The Morgan fingerprint density at radius 2 is 1.83 bits per heavy atom. The van der Waals surface area contributed by atoms with Gasteiger partial charge in [-0.05, 0) is 56.0 Å². The molecule has 0 aliphatic heterocycles. The van der Waals surface area contributed by atoms with E-state index in [9.17, 15) is 0 Å². The summed E-state index contributed by atoms with van der Waals surface area (Å²) < 4.78 is 5.17. The molecule has 0 radical (unpaired) electrons. The van der Waals surface area contributed by atoms with E-state index in [2.05, 4.69) is 33.8 Å². The van der Waals surface area contributed by atoms with Gasteiger partial charge >= 0.3 is 0 Å². The van der Waals surface area contributed by atoms with Gasteiger partial charge in [0, 0.05) is 11.6 Å². The van der Waals surface area contributed by atoms with Crippen LogP contribution in [0.25, 0.3) is 0 Å². The van der Waals surface area contributed by atoms with Crippen molar-refractivity contribution < 1.29 is 15.0 Å². The highest BCUT2D eigenvalue weighted by Crippen LogP contribution is 2.10. The molecule has 0 spiro atoms. The minimum atomic E-state index is 0.926. The summed E-state index contributed by atoms with van der Waals surface area (Å²) in [5.74, 6) is 2.02. The van der Waals surface area contributed by atoms with E-state index >= 15 is 0 Å². The van der Waals surface area contributed by atoms with Gasteiger partial charge in [-0.1, -0.05) is 6.07 Å². The fraction of sp³-hybridized carbons (Fsp3) is 0.421. The molecule has 2 aromatic rings. The predicted molar refractivity (Wildman–Crippen MR) is 93.4 cm³/mol. The quantitative estimate of drug-likeness (QED) is 0.625. The Hall–Kier alpha value is -2.07. The number of methoxy groups -OCH3 is 1. The van der Waals surface area contributed by atoms with E-state index in [4.69, 9.17) is 4.74 Å². The maximum atomic E-state index is 5.17. The van der Waals surface area contributed by atoms with Crippen LogP contribution in [0.4, 0.5) is 5.82 Å². The van der Waals surface area contributed by atoms with Crippen molar-refractivity contribution in [1.82, 2.24) is 0 Å². The number of hydrogen-bond donors (Lipinski definition) is 2. The second-order valence-corrected chi connectivity index (χ2v) is 5.75. The maximum Gasteiger partial charge on any atom is 0.272 e. The van der Waals surface area contributed by atoms with Gasteiger partial charge in [-0.15, -0.1) is 0 Å². The summed E-state index contributed by atoms with van der Waals surface area (Å²) in [5, 5.41) is 5.79. The third kappa shape index (κ3) is 7.15. The zero-order valence-corrected chi connectivity index (χ0v) is 14.1. The average Bonchev–Trinajstić information content (AvgIpc) is 2.61. The maximum absolute atomic E-state index is 5.17. The molecule has 124 valence electrons. The highest BCUT2D eigenvalue weighted by Gasteiger charge is 1.99. The first-order chi connectivity index (χ1) is 11.4. The molecule has 0 bridgehead atoms. The molecule has 0 aliphatic carbocycles. The summed E-state index contributed by atoms with van der Waals surface area (Å²) >= 11 is 0. The topological polar surface area (TPSA) is 52.0 Å². The minimum absolute atomic E-state index is 0.926. The normalized spacial score (nSPS) is 10.5. The lowest BCUT2D eigenvalue weighted by atomic mass is 10.2. The Balaban J connectivity index is 1.43. The number of nitrogens with one attached hydrogen (secondary N) is 2. The highest BCUT2D eigenvalue weighted by molar-refractivity contribution is 5.26. The number of H-pyrrole nitrogens is 1. The van der Waals surface area contributed by atoms with Gasteiger partial charge in [0.1, 0.15) is 12.3 Å². The molecule has 0 amide bonds. The Morgan fingerprint density at radius 3 is 2.57 bits per heavy atom. The molecular formula is C19H29N3O+2. The number of hydrogen-bond acceptors (Lipinski definition) is 2. The first-order valence-electron chi connectivity index (χ1n) is 8.53. The molecule has 2 rings (SSSR count). The van der Waals surface area contributed by atoms with Crippen molar-refractivity contribution in [3.8, 4) is 5.75 Å². The van der Waals surface area contributed by atoms with E-state index < -0.39 is 0 Å². The van der Waals surface area contributed by atoms with E-state index in [-0.39, 0.29) is 0 Å². The number of quaternary nitrogens is 1. The van der Waals surface area contributed by atoms with E-state index in [0.29, 0.717) is 0 Å². The Bertz CT molecular complexity index is 528. The van der Waals surface area contributed by atoms with Crippen LogP contribution in [0.1, 0.15) is 31.2 Å². The van der Waals surface area contributed by atoms with Crippen LogP contribution in [-0.4, -0.2) is 20.2 Å². The van der Waals surface area contributed by atoms with Crippen molar-refractivity contribution in [2.45, 2.75) is 32.2 Å². The van der Waals surface area contributed by atoms with Crippen LogP contribution < -0.4 is 20.4 Å². The van der Waals surface area contributed by atoms with E-state index in [0.717, 1.165) is 24.7 Å². The molecule has 0 aliphatic rings. The number of unbranched alkanes of at least 4 members (excludes halogenated alkanes) is 3. The van der Waals surface area contributed by atoms with Crippen molar-refractivity contribution in [1.29, 1.82) is 0 Å². The van der Waals surface area contributed by atoms with Gasteiger partial charge in [-0.3, -0.25) is 5.32 Å². The van der Waals surface area contributed by atoms with Crippen molar-refractivity contribution >= 4 is 5.82 Å². The molecule has 4 heteroatoms. The zero-order chi connectivity index (χ0) is 16.2. The van der Waals surface area contributed by atoms with Crippen LogP contribution in [-0.2, 0) is 6.54 Å². The molecule has 1 aromatic carbocycles. The minimum Gasteiger partial charge on any atom is -0.497 e. The van der Waals surface area contributed by atoms with Crippen LogP contribution in [0.2, 0.25) is 0 Å². The summed E-state index contributed by atoms with van der Waals surface area (Å²) in [6.45, 7) is 3.29. The molecule has 0 saturated heterocycles. The fourth-order valence-corrected chi connectivity index (χ4v) is 2.52. The zero-order valence-electron chi connectivity index (χ0n) is 14.1. The molecule has 4 nitrogen and oxygen atoms in total. The van der Waals surface area contributed by atoms with Gasteiger partial charge in [-0.25, -0.2) is 4.98 Å². The molecule has 1 aromatic heterocycles. The standard InChI is InChI=1S/C19H27N3O/c1-23-18-11-9-17(10-12-18)16-20-13-5-2-3-6-14-21-19-8-4-7-15-22-19/h4,7-12,15,20H,2-3,5-6,13-14,16H2,1H3,(H,21,22)/p+2. The first kappa shape index (κ1) is 17.3. The predicted octanol–water partition coefficient (Wildman–Crippen LogP) is 2.25. The summed E-state index contributed by atoms with van der Waals surface area (Å²) in [7, 11) is 1.70. The Morgan fingerprint density at radius 1 is 1.00 bits per heavy atom.